The maximum atomic E-state index is 11.8. The second kappa shape index (κ2) is 8.34. The first-order valence-electron chi connectivity index (χ1n) is 6.23. The largest absolute Gasteiger partial charge is 0.480 e. The predicted molar refractivity (Wildman–Crippen MR) is 68.7 cm³/mol. The molecule has 0 aromatic heterocycles. The number of aliphatic carboxylic acids is 1. The quantitative estimate of drug-likeness (QED) is 0.666. The van der Waals surface area contributed by atoms with Crippen LogP contribution in [0, 0.1) is 5.92 Å². The molecule has 0 aliphatic rings. The van der Waals surface area contributed by atoms with Crippen molar-refractivity contribution in [3.8, 4) is 0 Å². The number of hydrogen-bond acceptors (Lipinski definition) is 4. The van der Waals surface area contributed by atoms with Gasteiger partial charge in [-0.15, -0.1) is 0 Å². The molecule has 7 heteroatoms. The first-order valence-corrected chi connectivity index (χ1v) is 6.23. The number of carbonyl (C=O) groups is 3. The van der Waals surface area contributed by atoms with Crippen LogP contribution in [-0.2, 0) is 14.3 Å². The fourth-order valence-electron chi connectivity index (χ4n) is 1.40. The van der Waals surface area contributed by atoms with Crippen LogP contribution in [0.3, 0.4) is 0 Å². The van der Waals surface area contributed by atoms with Crippen LogP contribution in [0.25, 0.3) is 0 Å². The molecule has 7 nitrogen and oxygen atoms in total. The Bertz CT molecular complexity index is 332. The molecular formula is C12H22N2O5. The second-order valence-electron chi connectivity index (χ2n) is 4.31. The summed E-state index contributed by atoms with van der Waals surface area (Å²) in [5.41, 5.74) is 0. The number of urea groups is 1. The number of carboxylic acid groups (broad SMARTS) is 1. The summed E-state index contributed by atoms with van der Waals surface area (Å²) in [5.74, 6) is -1.82. The minimum Gasteiger partial charge on any atom is -0.480 e. The summed E-state index contributed by atoms with van der Waals surface area (Å²) >= 11 is 0. The Labute approximate surface area is 112 Å². The van der Waals surface area contributed by atoms with Crippen LogP contribution in [0.4, 0.5) is 4.79 Å². The Morgan fingerprint density at radius 3 is 2.32 bits per heavy atom. The van der Waals surface area contributed by atoms with E-state index in [4.69, 9.17) is 9.84 Å². The highest BCUT2D eigenvalue weighted by molar-refractivity contribution is 5.85. The maximum Gasteiger partial charge on any atom is 0.326 e. The van der Waals surface area contributed by atoms with Gasteiger partial charge in [0.05, 0.1) is 6.61 Å². The van der Waals surface area contributed by atoms with E-state index in [0.29, 0.717) is 6.42 Å². The Kier molecular flexibility index (Phi) is 7.55. The van der Waals surface area contributed by atoms with Gasteiger partial charge >= 0.3 is 18.0 Å². The number of rotatable bonds is 7. The molecule has 0 radical (unpaired) electrons. The van der Waals surface area contributed by atoms with Gasteiger partial charge in [0.15, 0.2) is 0 Å². The lowest BCUT2D eigenvalue weighted by Gasteiger charge is -2.23. The van der Waals surface area contributed by atoms with Crippen molar-refractivity contribution in [1.82, 2.24) is 10.2 Å². The van der Waals surface area contributed by atoms with Crippen molar-refractivity contribution in [3.63, 3.8) is 0 Å². The summed E-state index contributed by atoms with van der Waals surface area (Å²) in [6, 6.07) is -1.58. The number of nitrogens with one attached hydrogen (secondary N) is 1. The Morgan fingerprint density at radius 2 is 1.89 bits per heavy atom. The second-order valence-corrected chi connectivity index (χ2v) is 4.31. The Balaban J connectivity index is 4.47. The minimum absolute atomic E-state index is 0.197. The number of esters is 1. The van der Waals surface area contributed by atoms with Crippen molar-refractivity contribution < 1.29 is 24.2 Å². The molecule has 110 valence electrons. The van der Waals surface area contributed by atoms with E-state index in [1.807, 2.05) is 6.92 Å². The number of carboxylic acids is 1. The van der Waals surface area contributed by atoms with E-state index in [1.165, 1.54) is 7.05 Å². The molecule has 0 heterocycles. The molecule has 0 rings (SSSR count). The zero-order valence-corrected chi connectivity index (χ0v) is 11.8. The van der Waals surface area contributed by atoms with Crippen molar-refractivity contribution in [1.29, 1.82) is 0 Å². The van der Waals surface area contributed by atoms with E-state index in [9.17, 15) is 14.4 Å². The number of nitrogens with zero attached hydrogens (tertiary/aromatic N) is 1. The van der Waals surface area contributed by atoms with Crippen LogP contribution in [0.2, 0.25) is 0 Å². The van der Waals surface area contributed by atoms with Crippen molar-refractivity contribution in [2.75, 3.05) is 20.2 Å². The smallest absolute Gasteiger partial charge is 0.326 e. The summed E-state index contributed by atoms with van der Waals surface area (Å²) in [4.78, 5) is 35.1. The number of hydrogen-bond donors (Lipinski definition) is 2. The normalized spacial score (nSPS) is 13.3. The Morgan fingerprint density at radius 1 is 1.32 bits per heavy atom. The summed E-state index contributed by atoms with van der Waals surface area (Å²) in [6.45, 7) is 5.27. The summed E-state index contributed by atoms with van der Waals surface area (Å²) in [5, 5.41) is 11.4. The average Bonchev–Trinajstić information content (AvgIpc) is 2.34. The minimum atomic E-state index is -1.09. The summed E-state index contributed by atoms with van der Waals surface area (Å²) < 4.78 is 4.71. The molecule has 0 aromatic rings. The van der Waals surface area contributed by atoms with Gasteiger partial charge < -0.3 is 20.1 Å². The van der Waals surface area contributed by atoms with Crippen LogP contribution in [0.15, 0.2) is 0 Å². The highest BCUT2D eigenvalue weighted by Gasteiger charge is 2.27. The zero-order chi connectivity index (χ0) is 15.0. The monoisotopic (exact) mass is 274 g/mol. The van der Waals surface area contributed by atoms with Gasteiger partial charge in [0.2, 0.25) is 0 Å². The molecule has 0 aliphatic heterocycles. The Hall–Kier alpha value is -1.79. The SMILES string of the molecule is CCOC(=O)CN(C)C(=O)N[C@H](C(=O)O)C(C)CC. The summed E-state index contributed by atoms with van der Waals surface area (Å²) in [6.07, 6.45) is 0.624. The molecule has 2 amide bonds. The maximum absolute atomic E-state index is 11.8. The molecule has 1 unspecified atom stereocenters. The van der Waals surface area contributed by atoms with Gasteiger partial charge in [-0.1, -0.05) is 20.3 Å². The highest BCUT2D eigenvalue weighted by Crippen LogP contribution is 2.08. The van der Waals surface area contributed by atoms with E-state index in [2.05, 4.69) is 5.32 Å². The van der Waals surface area contributed by atoms with E-state index in [1.54, 1.807) is 13.8 Å². The van der Waals surface area contributed by atoms with Gasteiger partial charge in [-0.2, -0.15) is 0 Å². The lowest BCUT2D eigenvalue weighted by molar-refractivity contribution is -0.143. The van der Waals surface area contributed by atoms with Gasteiger partial charge in [0.1, 0.15) is 12.6 Å². The van der Waals surface area contributed by atoms with Gasteiger partial charge in [0.25, 0.3) is 0 Å². The third kappa shape index (κ3) is 6.08. The molecule has 2 atom stereocenters. The van der Waals surface area contributed by atoms with Crippen molar-refractivity contribution in [3.05, 3.63) is 0 Å². The van der Waals surface area contributed by atoms with Gasteiger partial charge in [-0.05, 0) is 12.8 Å². The van der Waals surface area contributed by atoms with Gasteiger partial charge in [-0.3, -0.25) is 4.79 Å². The van der Waals surface area contributed by atoms with Crippen LogP contribution < -0.4 is 5.32 Å². The molecular weight excluding hydrogens is 252 g/mol. The van der Waals surface area contributed by atoms with E-state index < -0.39 is 24.0 Å². The topological polar surface area (TPSA) is 95.9 Å². The van der Waals surface area contributed by atoms with Crippen molar-refractivity contribution >= 4 is 18.0 Å². The first kappa shape index (κ1) is 17.2. The fraction of sp³-hybridized carbons (Fsp3) is 0.750. The molecule has 0 bridgehead atoms. The van der Waals surface area contributed by atoms with E-state index in [0.717, 1.165) is 4.90 Å². The highest BCUT2D eigenvalue weighted by atomic mass is 16.5. The number of carbonyl (C=O) groups excluding carboxylic acids is 2. The zero-order valence-electron chi connectivity index (χ0n) is 11.8. The molecule has 0 aliphatic carbocycles. The van der Waals surface area contributed by atoms with Gasteiger partial charge in [0, 0.05) is 7.05 Å². The number of amides is 2. The van der Waals surface area contributed by atoms with Crippen molar-refractivity contribution in [2.45, 2.75) is 33.2 Å². The van der Waals surface area contributed by atoms with E-state index >= 15 is 0 Å². The molecule has 0 aromatic carbocycles. The third-order valence-corrected chi connectivity index (χ3v) is 2.78. The number of ether oxygens (including phenoxy) is 1. The number of likely N-dealkylation sites (N-methyl/N-ethyl adjacent to an activating group) is 1. The lowest BCUT2D eigenvalue weighted by atomic mass is 9.99. The third-order valence-electron chi connectivity index (χ3n) is 2.78. The van der Waals surface area contributed by atoms with E-state index in [-0.39, 0.29) is 19.1 Å². The standard InChI is InChI=1S/C12H22N2O5/c1-5-8(3)10(11(16)17)13-12(18)14(4)7-9(15)19-6-2/h8,10H,5-7H2,1-4H3,(H,13,18)(H,16,17)/t8?,10-/m0/s1. The van der Waals surface area contributed by atoms with Crippen LogP contribution in [0.1, 0.15) is 27.2 Å². The first-order chi connectivity index (χ1) is 8.83. The summed E-state index contributed by atoms with van der Waals surface area (Å²) in [7, 11) is 1.40. The van der Waals surface area contributed by atoms with Gasteiger partial charge in [-0.25, -0.2) is 9.59 Å². The predicted octanol–water partition coefficient (Wildman–Crippen LogP) is 0.690. The molecule has 0 saturated heterocycles. The molecule has 19 heavy (non-hydrogen) atoms. The molecule has 0 saturated carbocycles. The van der Waals surface area contributed by atoms with Crippen LogP contribution in [0.5, 0.6) is 0 Å². The van der Waals surface area contributed by atoms with Crippen LogP contribution in [-0.4, -0.2) is 54.2 Å². The lowest BCUT2D eigenvalue weighted by Crippen LogP contribution is -2.50. The molecule has 0 spiro atoms. The van der Waals surface area contributed by atoms with Crippen LogP contribution >= 0.6 is 0 Å². The molecule has 2 N–H and O–H groups in total. The molecule has 0 fully saturated rings. The van der Waals surface area contributed by atoms with Crippen molar-refractivity contribution in [2.24, 2.45) is 5.92 Å². The average molecular weight is 274 g/mol. The fourth-order valence-corrected chi connectivity index (χ4v) is 1.40.